The molecule has 2 aromatic rings. The Morgan fingerprint density at radius 1 is 1.03 bits per heavy atom. The van der Waals surface area contributed by atoms with Crippen LogP contribution in [-0.4, -0.2) is 30.9 Å². The van der Waals surface area contributed by atoms with Gasteiger partial charge in [-0.15, -0.1) is 0 Å². The lowest BCUT2D eigenvalue weighted by atomic mass is 9.69. The van der Waals surface area contributed by atoms with Gasteiger partial charge in [0.25, 0.3) is 0 Å². The van der Waals surface area contributed by atoms with Crippen molar-refractivity contribution < 1.29 is 19.1 Å². The molecule has 1 amide bonds. The Hall–Kier alpha value is -3.15. The molecular weight excluding hydrogens is 380 g/mol. The molecule has 0 saturated carbocycles. The molecule has 2 aliphatic rings. The number of amides is 1. The summed E-state index contributed by atoms with van der Waals surface area (Å²) in [5.74, 6) is 0.967. The van der Waals surface area contributed by atoms with Gasteiger partial charge in [-0.2, -0.15) is 0 Å². The summed E-state index contributed by atoms with van der Waals surface area (Å²) >= 11 is 0. The van der Waals surface area contributed by atoms with Crippen LogP contribution in [0.5, 0.6) is 11.5 Å². The van der Waals surface area contributed by atoms with E-state index < -0.39 is 0 Å². The number of allylic oxidation sites excluding steroid dienone is 2. The van der Waals surface area contributed by atoms with Crippen LogP contribution in [0.2, 0.25) is 0 Å². The molecule has 0 saturated heterocycles. The van der Waals surface area contributed by atoms with E-state index in [1.54, 1.807) is 49.7 Å². The Labute approximate surface area is 176 Å². The first kappa shape index (κ1) is 20.1. The van der Waals surface area contributed by atoms with Crippen LogP contribution >= 0.6 is 0 Å². The van der Waals surface area contributed by atoms with Crippen LogP contribution in [0.25, 0.3) is 0 Å². The number of carbonyl (C=O) groups excluding carboxylic acids is 2. The number of methoxy groups -OCH3 is 2. The molecule has 1 aromatic carbocycles. The fourth-order valence-electron chi connectivity index (χ4n) is 4.55. The minimum absolute atomic E-state index is 0.0624. The van der Waals surface area contributed by atoms with Crippen molar-refractivity contribution >= 4 is 17.4 Å². The second-order valence-electron chi connectivity index (χ2n) is 8.61. The Balaban J connectivity index is 1.94. The molecule has 6 nitrogen and oxygen atoms in total. The van der Waals surface area contributed by atoms with E-state index in [1.165, 1.54) is 0 Å². The van der Waals surface area contributed by atoms with Crippen molar-refractivity contribution in [2.24, 2.45) is 5.41 Å². The third-order valence-electron chi connectivity index (χ3n) is 5.88. The monoisotopic (exact) mass is 406 g/mol. The Bertz CT molecular complexity index is 1030. The summed E-state index contributed by atoms with van der Waals surface area (Å²) in [6.07, 6.45) is 4.71. The summed E-state index contributed by atoms with van der Waals surface area (Å²) < 4.78 is 10.9. The number of hydrogen-bond acceptors (Lipinski definition) is 5. The summed E-state index contributed by atoms with van der Waals surface area (Å²) in [6, 6.07) is 9.14. The molecule has 2 heterocycles. The number of hydrogen-bond donors (Lipinski definition) is 0. The van der Waals surface area contributed by atoms with Crippen LogP contribution in [0.15, 0.2) is 54.0 Å². The highest BCUT2D eigenvalue weighted by Gasteiger charge is 2.45. The number of rotatable bonds is 4. The molecule has 1 aliphatic carbocycles. The van der Waals surface area contributed by atoms with Crippen LogP contribution in [0.3, 0.4) is 0 Å². The minimum atomic E-state index is -0.257. The first-order valence-electron chi connectivity index (χ1n) is 10.1. The van der Waals surface area contributed by atoms with Crippen molar-refractivity contribution in [3.05, 3.63) is 59.6 Å². The average Bonchev–Trinajstić information content (AvgIpc) is 2.72. The SMILES string of the molecule is COc1ccc(OC)c(N2C(=O)CC(c3ccncc3)C3=C2CC(C)(C)CC3=O)c1. The number of nitrogens with zero attached hydrogens (tertiary/aromatic N) is 2. The maximum Gasteiger partial charge on any atom is 0.232 e. The third-order valence-corrected chi connectivity index (χ3v) is 5.88. The Morgan fingerprint density at radius 3 is 2.43 bits per heavy atom. The van der Waals surface area contributed by atoms with Gasteiger partial charge in [-0.05, 0) is 41.7 Å². The van der Waals surface area contributed by atoms with Crippen molar-refractivity contribution in [1.29, 1.82) is 0 Å². The second-order valence-corrected chi connectivity index (χ2v) is 8.61. The van der Waals surface area contributed by atoms with E-state index in [0.717, 1.165) is 16.8 Å². The van der Waals surface area contributed by atoms with E-state index in [-0.39, 0.29) is 29.4 Å². The number of pyridine rings is 1. The van der Waals surface area contributed by atoms with Crippen LogP contribution in [-0.2, 0) is 9.59 Å². The lowest BCUT2D eigenvalue weighted by Gasteiger charge is -2.43. The van der Waals surface area contributed by atoms with Crippen molar-refractivity contribution in [1.82, 2.24) is 4.98 Å². The van der Waals surface area contributed by atoms with E-state index >= 15 is 0 Å². The van der Waals surface area contributed by atoms with Crippen molar-refractivity contribution in [2.75, 3.05) is 19.1 Å². The zero-order chi connectivity index (χ0) is 21.5. The average molecular weight is 406 g/mol. The topological polar surface area (TPSA) is 68.7 Å². The predicted octanol–water partition coefficient (Wildman–Crippen LogP) is 4.26. The molecule has 0 radical (unpaired) electrons. The largest absolute Gasteiger partial charge is 0.497 e. The highest BCUT2D eigenvalue weighted by molar-refractivity contribution is 6.08. The van der Waals surface area contributed by atoms with Crippen LogP contribution in [0, 0.1) is 5.41 Å². The summed E-state index contributed by atoms with van der Waals surface area (Å²) in [6.45, 7) is 4.13. The summed E-state index contributed by atoms with van der Waals surface area (Å²) in [7, 11) is 3.16. The van der Waals surface area contributed by atoms with Crippen LogP contribution in [0.1, 0.15) is 44.6 Å². The predicted molar refractivity (Wildman–Crippen MR) is 114 cm³/mol. The molecule has 6 heteroatoms. The highest BCUT2D eigenvalue weighted by atomic mass is 16.5. The summed E-state index contributed by atoms with van der Waals surface area (Å²) in [5, 5.41) is 0. The summed E-state index contributed by atoms with van der Waals surface area (Å²) in [4.78, 5) is 32.6. The lowest BCUT2D eigenvalue weighted by molar-refractivity contribution is -0.121. The molecule has 0 N–H and O–H groups in total. The molecule has 0 bridgehead atoms. The fraction of sp³-hybridized carbons (Fsp3) is 0.375. The molecule has 1 aliphatic heterocycles. The van der Waals surface area contributed by atoms with E-state index in [9.17, 15) is 9.59 Å². The van der Waals surface area contributed by atoms with Gasteiger partial charge in [-0.3, -0.25) is 19.5 Å². The van der Waals surface area contributed by atoms with Crippen molar-refractivity contribution in [3.8, 4) is 11.5 Å². The molecule has 4 rings (SSSR count). The Morgan fingerprint density at radius 2 is 1.77 bits per heavy atom. The maximum absolute atomic E-state index is 13.5. The normalized spacial score (nSPS) is 20.8. The molecule has 156 valence electrons. The molecule has 0 spiro atoms. The fourth-order valence-corrected chi connectivity index (χ4v) is 4.55. The van der Waals surface area contributed by atoms with E-state index in [2.05, 4.69) is 18.8 Å². The minimum Gasteiger partial charge on any atom is -0.497 e. The molecule has 1 aromatic heterocycles. The van der Waals surface area contributed by atoms with Gasteiger partial charge in [0.2, 0.25) is 5.91 Å². The van der Waals surface area contributed by atoms with Gasteiger partial charge in [0.1, 0.15) is 11.5 Å². The zero-order valence-electron chi connectivity index (χ0n) is 17.8. The number of ether oxygens (including phenoxy) is 2. The second kappa shape index (κ2) is 7.59. The van der Waals surface area contributed by atoms with E-state index in [4.69, 9.17) is 9.47 Å². The molecule has 0 fully saturated rings. The van der Waals surface area contributed by atoms with Gasteiger partial charge in [0.05, 0.1) is 19.9 Å². The first-order chi connectivity index (χ1) is 14.3. The third kappa shape index (κ3) is 3.47. The smallest absolute Gasteiger partial charge is 0.232 e. The first-order valence-corrected chi connectivity index (χ1v) is 10.1. The van der Waals surface area contributed by atoms with Gasteiger partial charge in [0, 0.05) is 48.5 Å². The molecule has 1 atom stereocenters. The summed E-state index contributed by atoms with van der Waals surface area (Å²) in [5.41, 5.74) is 2.80. The van der Waals surface area contributed by atoms with Gasteiger partial charge in [0.15, 0.2) is 5.78 Å². The number of carbonyl (C=O) groups is 2. The van der Waals surface area contributed by atoms with Crippen LogP contribution < -0.4 is 14.4 Å². The van der Waals surface area contributed by atoms with Gasteiger partial charge in [-0.25, -0.2) is 0 Å². The lowest BCUT2D eigenvalue weighted by Crippen LogP contribution is -2.43. The van der Waals surface area contributed by atoms with Gasteiger partial charge >= 0.3 is 0 Å². The number of ketones is 1. The molecule has 1 unspecified atom stereocenters. The van der Waals surface area contributed by atoms with Crippen LogP contribution in [0.4, 0.5) is 5.69 Å². The Kier molecular flexibility index (Phi) is 5.10. The standard InChI is InChI=1S/C24H26N2O4/c1-24(2)13-19-23(20(27)14-24)17(15-7-9-25-10-8-15)12-22(28)26(19)18-11-16(29-3)5-6-21(18)30-4/h5-11,17H,12-14H2,1-4H3. The quantitative estimate of drug-likeness (QED) is 0.759. The van der Waals surface area contributed by atoms with Gasteiger partial charge in [-0.1, -0.05) is 13.8 Å². The number of Topliss-reactive ketones (excluding diaryl/α,β-unsaturated/α-hetero) is 1. The van der Waals surface area contributed by atoms with E-state index in [1.807, 2.05) is 12.1 Å². The maximum atomic E-state index is 13.5. The van der Waals surface area contributed by atoms with Crippen molar-refractivity contribution in [2.45, 2.75) is 39.0 Å². The van der Waals surface area contributed by atoms with E-state index in [0.29, 0.717) is 30.0 Å². The zero-order valence-corrected chi connectivity index (χ0v) is 17.8. The molecule has 30 heavy (non-hydrogen) atoms. The van der Waals surface area contributed by atoms with Gasteiger partial charge < -0.3 is 9.47 Å². The number of benzene rings is 1. The highest BCUT2D eigenvalue weighted by Crippen LogP contribution is 2.49. The number of anilines is 1. The number of aromatic nitrogens is 1. The molecular formula is C24H26N2O4. The van der Waals surface area contributed by atoms with Crippen molar-refractivity contribution in [3.63, 3.8) is 0 Å².